The summed E-state index contributed by atoms with van der Waals surface area (Å²) in [6, 6.07) is -0.472. The summed E-state index contributed by atoms with van der Waals surface area (Å²) in [5.41, 5.74) is -0.284. The number of carboxylic acid groups (broad SMARTS) is 1. The van der Waals surface area contributed by atoms with Crippen molar-refractivity contribution >= 4 is 17.9 Å². The van der Waals surface area contributed by atoms with E-state index >= 15 is 0 Å². The first-order valence-corrected chi connectivity index (χ1v) is 6.65. The Labute approximate surface area is 112 Å². The molecule has 1 rings (SSSR count). The quantitative estimate of drug-likeness (QED) is 0.613. The number of aliphatic carboxylic acids is 1. The third-order valence-electron chi connectivity index (χ3n) is 3.33. The highest BCUT2D eigenvalue weighted by Gasteiger charge is 2.38. The maximum absolute atomic E-state index is 11.6. The molecule has 0 aliphatic heterocycles. The second-order valence-corrected chi connectivity index (χ2v) is 5.60. The summed E-state index contributed by atoms with van der Waals surface area (Å²) < 4.78 is 0. The molecule has 0 radical (unpaired) electrons. The van der Waals surface area contributed by atoms with E-state index < -0.39 is 12.0 Å². The van der Waals surface area contributed by atoms with Crippen LogP contribution in [0.5, 0.6) is 0 Å². The van der Waals surface area contributed by atoms with E-state index in [4.69, 9.17) is 5.11 Å². The molecule has 0 aromatic carbocycles. The zero-order valence-electron chi connectivity index (χ0n) is 11.5. The molecule has 0 atom stereocenters. The SMILES string of the molecule is CC(C)(NC(=O)NC(=O)CCCCC(=O)O)C1CC1. The minimum absolute atomic E-state index is 0.0498. The standard InChI is InChI=1S/C13H22N2O4/c1-13(2,9-7-8-9)15-12(19)14-10(16)5-3-4-6-11(17)18/h9H,3-8H2,1-2H3,(H,17,18)(H2,14,15,16,19). The molecule has 1 fully saturated rings. The Morgan fingerprint density at radius 2 is 1.74 bits per heavy atom. The van der Waals surface area contributed by atoms with Crippen molar-refractivity contribution in [3.8, 4) is 0 Å². The number of carbonyl (C=O) groups excluding carboxylic acids is 2. The van der Waals surface area contributed by atoms with E-state index in [1.54, 1.807) is 0 Å². The van der Waals surface area contributed by atoms with Crippen LogP contribution in [0.3, 0.4) is 0 Å². The van der Waals surface area contributed by atoms with Crippen molar-refractivity contribution in [3.63, 3.8) is 0 Å². The second kappa shape index (κ2) is 6.54. The molecule has 6 heteroatoms. The van der Waals surface area contributed by atoms with Gasteiger partial charge < -0.3 is 10.4 Å². The van der Waals surface area contributed by atoms with Gasteiger partial charge in [0.05, 0.1) is 0 Å². The average molecular weight is 270 g/mol. The summed E-state index contributed by atoms with van der Waals surface area (Å²) in [4.78, 5) is 33.3. The number of carboxylic acids is 1. The lowest BCUT2D eigenvalue weighted by Crippen LogP contribution is -2.51. The Bertz CT molecular complexity index is 362. The van der Waals surface area contributed by atoms with Crippen LogP contribution < -0.4 is 10.6 Å². The Morgan fingerprint density at radius 1 is 1.16 bits per heavy atom. The van der Waals surface area contributed by atoms with Gasteiger partial charge in [-0.1, -0.05) is 0 Å². The normalized spacial score (nSPS) is 14.8. The summed E-state index contributed by atoms with van der Waals surface area (Å²) >= 11 is 0. The molecule has 3 N–H and O–H groups in total. The number of rotatable bonds is 7. The minimum Gasteiger partial charge on any atom is -0.481 e. The molecule has 1 saturated carbocycles. The van der Waals surface area contributed by atoms with E-state index in [1.807, 2.05) is 13.8 Å². The maximum Gasteiger partial charge on any atom is 0.321 e. The fourth-order valence-corrected chi connectivity index (χ4v) is 1.98. The smallest absolute Gasteiger partial charge is 0.321 e. The lowest BCUT2D eigenvalue weighted by Gasteiger charge is -2.25. The molecule has 0 bridgehead atoms. The van der Waals surface area contributed by atoms with E-state index in [1.165, 1.54) is 0 Å². The highest BCUT2D eigenvalue weighted by Crippen LogP contribution is 2.39. The van der Waals surface area contributed by atoms with Gasteiger partial charge in [0.15, 0.2) is 0 Å². The number of urea groups is 1. The molecular weight excluding hydrogens is 248 g/mol. The predicted molar refractivity (Wildman–Crippen MR) is 69.6 cm³/mol. The average Bonchev–Trinajstić information content (AvgIpc) is 3.06. The van der Waals surface area contributed by atoms with Crippen molar-refractivity contribution in [1.82, 2.24) is 10.6 Å². The van der Waals surface area contributed by atoms with Crippen LogP contribution in [-0.2, 0) is 9.59 Å². The van der Waals surface area contributed by atoms with Gasteiger partial charge in [0, 0.05) is 18.4 Å². The molecule has 6 nitrogen and oxygen atoms in total. The number of amides is 3. The summed E-state index contributed by atoms with van der Waals surface area (Å²) in [6.45, 7) is 3.89. The van der Waals surface area contributed by atoms with Gasteiger partial charge in [-0.05, 0) is 45.4 Å². The molecule has 1 aliphatic rings. The zero-order valence-corrected chi connectivity index (χ0v) is 11.5. The topological polar surface area (TPSA) is 95.5 Å². The second-order valence-electron chi connectivity index (χ2n) is 5.60. The van der Waals surface area contributed by atoms with Crippen LogP contribution in [0.15, 0.2) is 0 Å². The van der Waals surface area contributed by atoms with Crippen LogP contribution in [0.25, 0.3) is 0 Å². The van der Waals surface area contributed by atoms with Crippen LogP contribution in [0.2, 0.25) is 0 Å². The molecular formula is C13H22N2O4. The molecule has 0 saturated heterocycles. The molecule has 0 heterocycles. The van der Waals surface area contributed by atoms with Gasteiger partial charge in [0.1, 0.15) is 0 Å². The van der Waals surface area contributed by atoms with Crippen LogP contribution in [0.1, 0.15) is 52.4 Å². The Hall–Kier alpha value is -1.59. The third-order valence-corrected chi connectivity index (χ3v) is 3.33. The minimum atomic E-state index is -0.871. The highest BCUT2D eigenvalue weighted by atomic mass is 16.4. The maximum atomic E-state index is 11.6. The summed E-state index contributed by atoms with van der Waals surface area (Å²) in [7, 11) is 0. The molecule has 0 unspecified atom stereocenters. The van der Waals surface area contributed by atoms with E-state index in [0.29, 0.717) is 18.8 Å². The van der Waals surface area contributed by atoms with Gasteiger partial charge in [-0.2, -0.15) is 0 Å². The lowest BCUT2D eigenvalue weighted by molar-refractivity contribution is -0.137. The van der Waals surface area contributed by atoms with Crippen molar-refractivity contribution in [2.45, 2.75) is 57.9 Å². The van der Waals surface area contributed by atoms with Crippen LogP contribution in [0, 0.1) is 5.92 Å². The van der Waals surface area contributed by atoms with Gasteiger partial charge in [-0.15, -0.1) is 0 Å². The molecule has 0 aromatic rings. The van der Waals surface area contributed by atoms with Crippen molar-refractivity contribution in [3.05, 3.63) is 0 Å². The number of hydrogen-bond acceptors (Lipinski definition) is 3. The fraction of sp³-hybridized carbons (Fsp3) is 0.769. The molecule has 0 spiro atoms. The first kappa shape index (κ1) is 15.5. The number of hydrogen-bond donors (Lipinski definition) is 3. The van der Waals surface area contributed by atoms with Crippen molar-refractivity contribution in [2.24, 2.45) is 5.92 Å². The summed E-state index contributed by atoms with van der Waals surface area (Å²) in [6.07, 6.45) is 3.35. The number of imide groups is 1. The molecule has 108 valence electrons. The van der Waals surface area contributed by atoms with Gasteiger partial charge in [-0.25, -0.2) is 4.79 Å². The summed E-state index contributed by atoms with van der Waals surface area (Å²) in [5, 5.41) is 13.5. The van der Waals surface area contributed by atoms with E-state index in [0.717, 1.165) is 12.8 Å². The van der Waals surface area contributed by atoms with Crippen molar-refractivity contribution in [1.29, 1.82) is 0 Å². The Kier molecular flexibility index (Phi) is 5.32. The lowest BCUT2D eigenvalue weighted by atomic mass is 9.99. The first-order valence-electron chi connectivity index (χ1n) is 6.65. The zero-order chi connectivity index (χ0) is 14.5. The number of carbonyl (C=O) groups is 3. The van der Waals surface area contributed by atoms with Gasteiger partial charge >= 0.3 is 12.0 Å². The van der Waals surface area contributed by atoms with Crippen molar-refractivity contribution in [2.75, 3.05) is 0 Å². The van der Waals surface area contributed by atoms with Gasteiger partial charge in [0.2, 0.25) is 5.91 Å². The first-order chi connectivity index (χ1) is 8.81. The van der Waals surface area contributed by atoms with Crippen molar-refractivity contribution < 1.29 is 19.5 Å². The largest absolute Gasteiger partial charge is 0.481 e. The summed E-state index contributed by atoms with van der Waals surface area (Å²) in [5.74, 6) is -0.747. The Balaban J connectivity index is 2.17. The predicted octanol–water partition coefficient (Wildman–Crippen LogP) is 1.65. The number of unbranched alkanes of at least 4 members (excludes halogenated alkanes) is 1. The van der Waals surface area contributed by atoms with Gasteiger partial charge in [0.25, 0.3) is 0 Å². The monoisotopic (exact) mass is 270 g/mol. The van der Waals surface area contributed by atoms with Crippen LogP contribution in [-0.4, -0.2) is 28.6 Å². The van der Waals surface area contributed by atoms with Crippen LogP contribution >= 0.6 is 0 Å². The number of nitrogens with one attached hydrogen (secondary N) is 2. The molecule has 1 aliphatic carbocycles. The fourth-order valence-electron chi connectivity index (χ4n) is 1.98. The van der Waals surface area contributed by atoms with Gasteiger partial charge in [-0.3, -0.25) is 14.9 Å². The molecule has 3 amide bonds. The Morgan fingerprint density at radius 3 is 2.26 bits per heavy atom. The van der Waals surface area contributed by atoms with E-state index in [2.05, 4.69) is 10.6 Å². The van der Waals surface area contributed by atoms with E-state index in [9.17, 15) is 14.4 Å². The molecule has 19 heavy (non-hydrogen) atoms. The van der Waals surface area contributed by atoms with E-state index in [-0.39, 0.29) is 24.3 Å². The highest BCUT2D eigenvalue weighted by molar-refractivity contribution is 5.94. The molecule has 0 aromatic heterocycles. The third kappa shape index (κ3) is 6.22. The van der Waals surface area contributed by atoms with Crippen LogP contribution in [0.4, 0.5) is 4.79 Å².